The Hall–Kier alpha value is -0.700. The predicted octanol–water partition coefficient (Wildman–Crippen LogP) is 0.436. The average Bonchev–Trinajstić information content (AvgIpc) is 2.43. The molecule has 126 valence electrons. The summed E-state index contributed by atoms with van der Waals surface area (Å²) in [7, 11) is 1.26. The third-order valence-corrected chi connectivity index (χ3v) is 4.94. The van der Waals surface area contributed by atoms with Crippen LogP contribution in [0.5, 0.6) is 0 Å². The van der Waals surface area contributed by atoms with Crippen LogP contribution in [-0.4, -0.2) is 70.5 Å². The molecule has 1 N–H and O–H groups in total. The van der Waals surface area contributed by atoms with E-state index in [1.54, 1.807) is 0 Å². The van der Waals surface area contributed by atoms with Gasteiger partial charge in [-0.05, 0) is 40.3 Å². The number of carbonyl (C=O) groups excluding carboxylic acids is 1. The molecule has 21 heavy (non-hydrogen) atoms. The summed E-state index contributed by atoms with van der Waals surface area (Å²) in [5, 5.41) is 0. The maximum absolute atomic E-state index is 11.9. The van der Waals surface area contributed by atoms with Crippen LogP contribution in [0.2, 0.25) is 0 Å². The van der Waals surface area contributed by atoms with Crippen molar-refractivity contribution < 1.29 is 17.9 Å². The molecule has 0 aliphatic rings. The summed E-state index contributed by atoms with van der Waals surface area (Å²) < 4.78 is 31.9. The number of rotatable bonds is 11. The lowest BCUT2D eigenvalue weighted by Gasteiger charge is -2.21. The third-order valence-electron chi connectivity index (χ3n) is 3.37. The summed E-state index contributed by atoms with van der Waals surface area (Å²) in [6.07, 6.45) is 1.76. The number of hydrogen-bond donors (Lipinski definition) is 1. The number of unbranched alkanes of at least 4 members (excludes halogenated alkanes) is 1. The van der Waals surface area contributed by atoms with Gasteiger partial charge in [-0.2, -0.15) is 12.7 Å². The first-order valence-corrected chi connectivity index (χ1v) is 8.62. The fourth-order valence-electron chi connectivity index (χ4n) is 1.53. The Morgan fingerprint density at radius 2 is 1.81 bits per heavy atom. The van der Waals surface area contributed by atoms with Crippen LogP contribution in [-0.2, 0) is 19.7 Å². The Kier molecular flexibility index (Phi) is 9.76. The Morgan fingerprint density at radius 3 is 2.33 bits per heavy atom. The minimum absolute atomic E-state index is 0.0487. The summed E-state index contributed by atoms with van der Waals surface area (Å²) >= 11 is 0. The molecule has 0 unspecified atom stereocenters. The Balaban J connectivity index is 3.94. The van der Waals surface area contributed by atoms with Crippen LogP contribution in [0.4, 0.5) is 0 Å². The van der Waals surface area contributed by atoms with E-state index in [1.807, 2.05) is 0 Å². The molecule has 0 rings (SSSR count). The second-order valence-corrected chi connectivity index (χ2v) is 7.19. The lowest BCUT2D eigenvalue weighted by molar-refractivity contribution is -0.140. The van der Waals surface area contributed by atoms with Crippen molar-refractivity contribution in [2.24, 2.45) is 0 Å². The van der Waals surface area contributed by atoms with Crippen molar-refractivity contribution >= 4 is 16.2 Å². The first-order valence-electron chi connectivity index (χ1n) is 7.18. The van der Waals surface area contributed by atoms with Crippen molar-refractivity contribution in [3.8, 4) is 0 Å². The van der Waals surface area contributed by atoms with Gasteiger partial charge in [0.05, 0.1) is 13.5 Å². The van der Waals surface area contributed by atoms with E-state index in [1.165, 1.54) is 14.2 Å². The van der Waals surface area contributed by atoms with Crippen molar-refractivity contribution in [2.75, 3.05) is 40.8 Å². The maximum atomic E-state index is 11.9. The van der Waals surface area contributed by atoms with Gasteiger partial charge in [-0.1, -0.05) is 0 Å². The van der Waals surface area contributed by atoms with Crippen molar-refractivity contribution in [1.82, 2.24) is 13.9 Å². The highest BCUT2D eigenvalue weighted by Crippen LogP contribution is 2.00. The van der Waals surface area contributed by atoms with E-state index in [0.29, 0.717) is 12.6 Å². The topological polar surface area (TPSA) is 78.9 Å². The molecule has 0 spiro atoms. The van der Waals surface area contributed by atoms with Crippen molar-refractivity contribution in [2.45, 2.75) is 39.2 Å². The van der Waals surface area contributed by atoms with Gasteiger partial charge in [0, 0.05) is 26.2 Å². The zero-order chi connectivity index (χ0) is 16.5. The molecular formula is C13H29N3O4S. The van der Waals surface area contributed by atoms with Crippen LogP contribution in [0.3, 0.4) is 0 Å². The highest BCUT2D eigenvalue weighted by atomic mass is 32.2. The Labute approximate surface area is 128 Å². The lowest BCUT2D eigenvalue weighted by Crippen LogP contribution is -2.39. The van der Waals surface area contributed by atoms with Crippen molar-refractivity contribution in [3.05, 3.63) is 0 Å². The van der Waals surface area contributed by atoms with Gasteiger partial charge in [0.2, 0.25) is 0 Å². The zero-order valence-corrected chi connectivity index (χ0v) is 14.6. The van der Waals surface area contributed by atoms with Crippen LogP contribution in [0, 0.1) is 0 Å². The molecule has 0 amide bonds. The summed E-state index contributed by atoms with van der Waals surface area (Å²) in [5.74, 6) is -0.422. The number of methoxy groups -OCH3 is 1. The number of nitrogens with one attached hydrogen (secondary N) is 1. The minimum Gasteiger partial charge on any atom is -0.469 e. The Bertz CT molecular complexity index is 398. The van der Waals surface area contributed by atoms with E-state index in [-0.39, 0.29) is 13.0 Å². The molecule has 0 saturated heterocycles. The van der Waals surface area contributed by atoms with E-state index >= 15 is 0 Å². The second-order valence-electron chi connectivity index (χ2n) is 5.33. The molecule has 0 aromatic carbocycles. The SMILES string of the molecule is COC(=O)CCN(C)S(=O)(=O)NCCCCN(C)C(C)C. The van der Waals surface area contributed by atoms with Crippen LogP contribution in [0.1, 0.15) is 33.1 Å². The van der Waals surface area contributed by atoms with E-state index in [9.17, 15) is 13.2 Å². The number of hydrogen-bond acceptors (Lipinski definition) is 5. The maximum Gasteiger partial charge on any atom is 0.306 e. The van der Waals surface area contributed by atoms with Gasteiger partial charge in [-0.15, -0.1) is 0 Å². The molecule has 0 aliphatic carbocycles. The molecule has 0 aliphatic heterocycles. The fraction of sp³-hybridized carbons (Fsp3) is 0.923. The summed E-state index contributed by atoms with van der Waals surface area (Å²) in [6, 6.07) is 0.492. The molecule has 0 aromatic heterocycles. The smallest absolute Gasteiger partial charge is 0.306 e. The molecule has 0 saturated carbocycles. The highest BCUT2D eigenvalue weighted by Gasteiger charge is 2.17. The molecular weight excluding hydrogens is 294 g/mol. The van der Waals surface area contributed by atoms with Gasteiger partial charge < -0.3 is 9.64 Å². The molecule has 8 heteroatoms. The van der Waals surface area contributed by atoms with E-state index in [0.717, 1.165) is 23.7 Å². The van der Waals surface area contributed by atoms with Crippen LogP contribution in [0.15, 0.2) is 0 Å². The number of nitrogens with zero attached hydrogens (tertiary/aromatic N) is 2. The molecule has 7 nitrogen and oxygen atoms in total. The molecule has 0 aromatic rings. The highest BCUT2D eigenvalue weighted by molar-refractivity contribution is 7.87. The molecule has 0 atom stereocenters. The quantitative estimate of drug-likeness (QED) is 0.441. The van der Waals surface area contributed by atoms with E-state index in [4.69, 9.17) is 0 Å². The van der Waals surface area contributed by atoms with Gasteiger partial charge in [-0.3, -0.25) is 4.79 Å². The first kappa shape index (κ1) is 20.3. The molecule has 0 bridgehead atoms. The minimum atomic E-state index is -3.52. The van der Waals surface area contributed by atoms with Crippen molar-refractivity contribution in [3.63, 3.8) is 0 Å². The van der Waals surface area contributed by atoms with E-state index < -0.39 is 16.2 Å². The number of ether oxygens (including phenoxy) is 1. The first-order chi connectivity index (χ1) is 9.70. The monoisotopic (exact) mass is 323 g/mol. The second kappa shape index (κ2) is 10.1. The zero-order valence-electron chi connectivity index (χ0n) is 13.8. The van der Waals surface area contributed by atoms with Crippen LogP contribution >= 0.6 is 0 Å². The number of esters is 1. The third kappa shape index (κ3) is 9.02. The normalized spacial score (nSPS) is 12.4. The summed E-state index contributed by atoms with van der Waals surface area (Å²) in [5.41, 5.74) is 0. The van der Waals surface area contributed by atoms with E-state index in [2.05, 4.69) is 35.3 Å². The van der Waals surface area contributed by atoms with Crippen molar-refractivity contribution in [1.29, 1.82) is 0 Å². The standard InChI is InChI=1S/C13H29N3O4S/c1-12(2)15(3)10-7-6-9-14-21(18,19)16(4)11-8-13(17)20-5/h12,14H,6-11H2,1-5H3. The van der Waals surface area contributed by atoms with Gasteiger partial charge in [0.25, 0.3) is 10.2 Å². The predicted molar refractivity (Wildman–Crippen MR) is 83.2 cm³/mol. The lowest BCUT2D eigenvalue weighted by atomic mass is 10.2. The van der Waals surface area contributed by atoms with Gasteiger partial charge in [0.15, 0.2) is 0 Å². The van der Waals surface area contributed by atoms with Gasteiger partial charge in [-0.25, -0.2) is 4.72 Å². The molecule has 0 heterocycles. The summed E-state index contributed by atoms with van der Waals surface area (Å²) in [4.78, 5) is 13.2. The van der Waals surface area contributed by atoms with Crippen LogP contribution < -0.4 is 4.72 Å². The van der Waals surface area contributed by atoms with Gasteiger partial charge in [0.1, 0.15) is 0 Å². The average molecular weight is 323 g/mol. The van der Waals surface area contributed by atoms with Gasteiger partial charge >= 0.3 is 5.97 Å². The summed E-state index contributed by atoms with van der Waals surface area (Å²) in [6.45, 7) is 5.70. The molecule has 0 radical (unpaired) electrons. The largest absolute Gasteiger partial charge is 0.469 e. The van der Waals surface area contributed by atoms with Crippen LogP contribution in [0.25, 0.3) is 0 Å². The molecule has 0 fully saturated rings. The number of carbonyl (C=O) groups is 1. The fourth-order valence-corrected chi connectivity index (χ4v) is 2.48. The Morgan fingerprint density at radius 1 is 1.19 bits per heavy atom.